The van der Waals surface area contributed by atoms with Crippen molar-refractivity contribution < 1.29 is 13.2 Å². The molecule has 28 heavy (non-hydrogen) atoms. The number of nitrogens with one attached hydrogen (secondary N) is 1. The largest absolute Gasteiger partial charge is 0.358 e. The number of aryl methyl sites for hydroxylation is 1. The lowest BCUT2D eigenvalue weighted by Crippen LogP contribution is -2.40. The van der Waals surface area contributed by atoms with Crippen molar-refractivity contribution in [2.45, 2.75) is 17.9 Å². The Morgan fingerprint density at radius 2 is 1.64 bits per heavy atom. The van der Waals surface area contributed by atoms with Crippen LogP contribution in [0.15, 0.2) is 95.6 Å². The van der Waals surface area contributed by atoms with Gasteiger partial charge in [0.05, 0.1) is 16.3 Å². The van der Waals surface area contributed by atoms with Gasteiger partial charge in [-0.2, -0.15) is 0 Å². The Morgan fingerprint density at radius 1 is 0.929 bits per heavy atom. The van der Waals surface area contributed by atoms with Crippen LogP contribution in [0.25, 0.3) is 0 Å². The van der Waals surface area contributed by atoms with Gasteiger partial charge in [-0.05, 0) is 37.3 Å². The number of benzene rings is 2. The van der Waals surface area contributed by atoms with Crippen molar-refractivity contribution in [2.75, 3.05) is 5.43 Å². The second-order valence-electron chi connectivity index (χ2n) is 6.52. The van der Waals surface area contributed by atoms with E-state index in [9.17, 15) is 13.2 Å². The number of carbonyl (C=O) groups excluding carboxylic acids is 1. The average Bonchev–Trinajstić information content (AvgIpc) is 2.83. The van der Waals surface area contributed by atoms with Crippen molar-refractivity contribution in [1.29, 1.82) is 0 Å². The zero-order valence-electron chi connectivity index (χ0n) is 15.2. The highest BCUT2D eigenvalue weighted by atomic mass is 32.2. The molecule has 142 valence electrons. The molecule has 1 unspecified atom stereocenters. The molecule has 1 aliphatic carbocycles. The van der Waals surface area contributed by atoms with Crippen LogP contribution in [0.5, 0.6) is 0 Å². The van der Waals surface area contributed by atoms with Crippen molar-refractivity contribution in [3.05, 3.63) is 96.2 Å². The van der Waals surface area contributed by atoms with E-state index in [0.717, 1.165) is 9.87 Å². The van der Waals surface area contributed by atoms with Crippen LogP contribution in [0.2, 0.25) is 0 Å². The van der Waals surface area contributed by atoms with Crippen LogP contribution >= 0.6 is 0 Å². The number of allylic oxidation sites excluding steroid dienone is 4. The van der Waals surface area contributed by atoms with E-state index < -0.39 is 22.1 Å². The molecular formula is C21H19N3O3S. The van der Waals surface area contributed by atoms with Crippen molar-refractivity contribution in [2.24, 2.45) is 0 Å². The minimum Gasteiger partial charge on any atom is -0.290 e. The van der Waals surface area contributed by atoms with Gasteiger partial charge >= 0.3 is 6.03 Å². The number of anilines is 1. The summed E-state index contributed by atoms with van der Waals surface area (Å²) in [6, 6.07) is 14.2. The number of sulfonamides is 1. The van der Waals surface area contributed by atoms with Crippen molar-refractivity contribution in [3.8, 4) is 0 Å². The zero-order valence-corrected chi connectivity index (χ0v) is 16.0. The fraction of sp³-hybridized carbons (Fsp3) is 0.0952. The van der Waals surface area contributed by atoms with E-state index in [1.165, 1.54) is 17.1 Å². The third-order valence-electron chi connectivity index (χ3n) is 4.57. The van der Waals surface area contributed by atoms with Crippen LogP contribution in [0.1, 0.15) is 5.56 Å². The van der Waals surface area contributed by atoms with Gasteiger partial charge in [-0.3, -0.25) is 5.43 Å². The molecule has 2 aliphatic rings. The fourth-order valence-corrected chi connectivity index (χ4v) is 4.62. The number of hydrazine groups is 1. The first-order valence-corrected chi connectivity index (χ1v) is 10.2. The van der Waals surface area contributed by atoms with Crippen molar-refractivity contribution >= 4 is 21.7 Å². The highest BCUT2D eigenvalue weighted by Crippen LogP contribution is 2.34. The SMILES string of the molecule is Cc1ccc(S(=O)(=O)N2C(=O)N(Nc3ccccc3)C3=CC=CC=CC32)cc1. The number of para-hydroxylation sites is 1. The molecule has 0 aromatic heterocycles. The Kier molecular flexibility index (Phi) is 4.52. The summed E-state index contributed by atoms with van der Waals surface area (Å²) in [7, 11) is -4.03. The molecule has 7 heteroatoms. The lowest BCUT2D eigenvalue weighted by Gasteiger charge is -2.21. The third-order valence-corrected chi connectivity index (χ3v) is 6.34. The average molecular weight is 393 g/mol. The standard InChI is InChI=1S/C21H19N3O3S/c1-16-12-14-18(15-13-16)28(26,27)24-20-11-7-3-6-10-19(20)23(21(24)25)22-17-8-4-2-5-9-17/h2-15,20,22H,1H3. The summed E-state index contributed by atoms with van der Waals surface area (Å²) in [6.45, 7) is 1.88. The van der Waals surface area contributed by atoms with Crippen LogP contribution in [0, 0.1) is 6.92 Å². The smallest absolute Gasteiger partial charge is 0.290 e. The minimum atomic E-state index is -4.03. The summed E-state index contributed by atoms with van der Waals surface area (Å²) < 4.78 is 27.5. The molecule has 2 amide bonds. The molecule has 0 radical (unpaired) electrons. The Balaban J connectivity index is 1.77. The lowest BCUT2D eigenvalue weighted by atomic mass is 10.2. The van der Waals surface area contributed by atoms with Gasteiger partial charge < -0.3 is 0 Å². The van der Waals surface area contributed by atoms with Crippen molar-refractivity contribution in [3.63, 3.8) is 0 Å². The van der Waals surface area contributed by atoms with E-state index in [1.807, 2.05) is 37.3 Å². The van der Waals surface area contributed by atoms with E-state index in [1.54, 1.807) is 42.5 Å². The maximum absolute atomic E-state index is 13.3. The number of nitrogens with zero attached hydrogens (tertiary/aromatic N) is 2. The first-order chi connectivity index (χ1) is 13.5. The Morgan fingerprint density at radius 3 is 2.36 bits per heavy atom. The summed E-state index contributed by atoms with van der Waals surface area (Å²) in [6.07, 6.45) is 8.76. The molecule has 1 saturated heterocycles. The van der Waals surface area contributed by atoms with Crippen LogP contribution < -0.4 is 5.43 Å². The second kappa shape index (κ2) is 7.01. The van der Waals surface area contributed by atoms with Crippen LogP contribution in [-0.4, -0.2) is 29.8 Å². The quantitative estimate of drug-likeness (QED) is 0.857. The molecule has 1 heterocycles. The maximum atomic E-state index is 13.3. The number of rotatable bonds is 4. The molecule has 6 nitrogen and oxygen atoms in total. The van der Waals surface area contributed by atoms with Gasteiger partial charge in [0.25, 0.3) is 10.0 Å². The van der Waals surface area contributed by atoms with Gasteiger partial charge in [0.1, 0.15) is 6.04 Å². The molecule has 2 aromatic rings. The predicted molar refractivity (Wildman–Crippen MR) is 108 cm³/mol. The zero-order chi connectivity index (χ0) is 19.7. The molecule has 1 atom stereocenters. The molecule has 4 rings (SSSR count). The van der Waals surface area contributed by atoms with E-state index in [2.05, 4.69) is 5.43 Å². The van der Waals surface area contributed by atoms with Crippen LogP contribution in [0.4, 0.5) is 10.5 Å². The van der Waals surface area contributed by atoms with Gasteiger partial charge in [0, 0.05) is 0 Å². The molecule has 2 aromatic carbocycles. The molecular weight excluding hydrogens is 374 g/mol. The van der Waals surface area contributed by atoms with Gasteiger partial charge in [-0.25, -0.2) is 22.5 Å². The first kappa shape index (κ1) is 18.1. The number of fused-ring (bicyclic) bond motifs is 1. The number of hydrogen-bond acceptors (Lipinski definition) is 4. The molecule has 1 aliphatic heterocycles. The van der Waals surface area contributed by atoms with Crippen LogP contribution in [-0.2, 0) is 10.0 Å². The summed E-state index contributed by atoms with van der Waals surface area (Å²) in [5.74, 6) is 0. The summed E-state index contributed by atoms with van der Waals surface area (Å²) in [4.78, 5) is 13.3. The molecule has 0 saturated carbocycles. The number of urea groups is 1. The maximum Gasteiger partial charge on any atom is 0.358 e. The monoisotopic (exact) mass is 393 g/mol. The van der Waals surface area contributed by atoms with Gasteiger partial charge in [0.2, 0.25) is 0 Å². The van der Waals surface area contributed by atoms with E-state index >= 15 is 0 Å². The van der Waals surface area contributed by atoms with E-state index in [4.69, 9.17) is 0 Å². The highest BCUT2D eigenvalue weighted by Gasteiger charge is 2.48. The summed E-state index contributed by atoms with van der Waals surface area (Å²) in [5, 5.41) is 1.28. The normalized spacial score (nSPS) is 18.7. The van der Waals surface area contributed by atoms with Gasteiger partial charge in [-0.15, -0.1) is 0 Å². The third kappa shape index (κ3) is 3.10. The Hall–Kier alpha value is -3.32. The lowest BCUT2D eigenvalue weighted by molar-refractivity contribution is 0.215. The second-order valence-corrected chi connectivity index (χ2v) is 8.33. The Labute approximate surface area is 164 Å². The number of carbonyl (C=O) groups is 1. The fourth-order valence-electron chi connectivity index (χ4n) is 3.15. The van der Waals surface area contributed by atoms with E-state index in [-0.39, 0.29) is 4.90 Å². The first-order valence-electron chi connectivity index (χ1n) is 8.80. The molecule has 0 bridgehead atoms. The topological polar surface area (TPSA) is 69.7 Å². The van der Waals surface area contributed by atoms with Crippen LogP contribution in [0.3, 0.4) is 0 Å². The minimum absolute atomic E-state index is 0.0815. The molecule has 1 N–H and O–H groups in total. The predicted octanol–water partition coefficient (Wildman–Crippen LogP) is 3.83. The number of hydrogen-bond donors (Lipinski definition) is 1. The highest BCUT2D eigenvalue weighted by molar-refractivity contribution is 7.89. The van der Waals surface area contributed by atoms with Gasteiger partial charge in [-0.1, -0.05) is 60.2 Å². The van der Waals surface area contributed by atoms with Crippen molar-refractivity contribution in [1.82, 2.24) is 9.31 Å². The summed E-state index contributed by atoms with van der Waals surface area (Å²) in [5.41, 5.74) is 5.18. The van der Waals surface area contributed by atoms with E-state index in [0.29, 0.717) is 11.4 Å². The van der Waals surface area contributed by atoms with Gasteiger partial charge in [0.15, 0.2) is 0 Å². The molecule has 1 fully saturated rings. The number of amides is 2. The Bertz CT molecular complexity index is 1090. The summed E-state index contributed by atoms with van der Waals surface area (Å²) >= 11 is 0. The molecule has 0 spiro atoms.